The van der Waals surface area contributed by atoms with E-state index in [1.54, 1.807) is 15.9 Å². The summed E-state index contributed by atoms with van der Waals surface area (Å²) in [6, 6.07) is 4.23. The Morgan fingerprint density at radius 2 is 2.36 bits per heavy atom. The highest BCUT2D eigenvalue weighted by Gasteiger charge is 2.23. The minimum Gasteiger partial charge on any atom is -0.352 e. The van der Waals surface area contributed by atoms with Crippen LogP contribution in [-0.2, 0) is 11.3 Å². The van der Waals surface area contributed by atoms with Gasteiger partial charge >= 0.3 is 0 Å². The van der Waals surface area contributed by atoms with Crippen molar-refractivity contribution < 1.29 is 4.79 Å². The Balaban J connectivity index is 1.72. The fraction of sp³-hybridized carbons (Fsp3) is 0.533. The van der Waals surface area contributed by atoms with Crippen LogP contribution in [0.2, 0.25) is 0 Å². The number of nitrogens with zero attached hydrogens (tertiary/aromatic N) is 2. The molecule has 0 aromatic carbocycles. The van der Waals surface area contributed by atoms with Gasteiger partial charge in [-0.1, -0.05) is 25.8 Å². The molecule has 2 atom stereocenters. The summed E-state index contributed by atoms with van der Waals surface area (Å²) in [5.41, 5.74) is 0. The van der Waals surface area contributed by atoms with Gasteiger partial charge in [0.1, 0.15) is 6.54 Å². The second-order valence-corrected chi connectivity index (χ2v) is 7.19. The van der Waals surface area contributed by atoms with Crippen LogP contribution in [0.25, 0.3) is 10.7 Å². The van der Waals surface area contributed by atoms with E-state index in [0.29, 0.717) is 10.7 Å². The summed E-state index contributed by atoms with van der Waals surface area (Å²) in [5.74, 6) is 1.28. The van der Waals surface area contributed by atoms with Gasteiger partial charge in [-0.25, -0.2) is 0 Å². The lowest BCUT2D eigenvalue weighted by Crippen LogP contribution is -2.42. The van der Waals surface area contributed by atoms with Crippen molar-refractivity contribution in [2.75, 3.05) is 0 Å². The fourth-order valence-electron chi connectivity index (χ4n) is 2.98. The van der Waals surface area contributed by atoms with Crippen molar-refractivity contribution in [3.8, 4) is 10.7 Å². The monoisotopic (exact) mass is 336 g/mol. The van der Waals surface area contributed by atoms with Crippen LogP contribution in [0.1, 0.15) is 32.6 Å². The van der Waals surface area contributed by atoms with Crippen LogP contribution in [0, 0.1) is 10.7 Å². The summed E-state index contributed by atoms with van der Waals surface area (Å²) < 4.78 is 2.25. The van der Waals surface area contributed by atoms with E-state index < -0.39 is 0 Å². The van der Waals surface area contributed by atoms with Crippen molar-refractivity contribution in [1.82, 2.24) is 20.1 Å². The Bertz CT molecular complexity index is 689. The highest BCUT2D eigenvalue weighted by atomic mass is 32.1. The predicted molar refractivity (Wildman–Crippen MR) is 90.3 cm³/mol. The maximum atomic E-state index is 12.4. The molecule has 1 aliphatic rings. The Hall–Kier alpha value is -1.47. The summed E-state index contributed by atoms with van der Waals surface area (Å²) in [6.07, 6.45) is 4.72. The average molecular weight is 336 g/mol. The average Bonchev–Trinajstić information content (AvgIpc) is 3.12. The molecule has 118 valence electrons. The van der Waals surface area contributed by atoms with Gasteiger partial charge in [0, 0.05) is 6.04 Å². The SMILES string of the molecule is C[C@H]1CCCC[C@@H]1NC(=O)Cn1c(-c2cccs2)n[nH]c1=S. The first-order valence-corrected chi connectivity index (χ1v) is 8.92. The molecule has 0 radical (unpaired) electrons. The van der Waals surface area contributed by atoms with E-state index in [1.807, 2.05) is 17.5 Å². The predicted octanol–water partition coefficient (Wildman–Crippen LogP) is 3.36. The van der Waals surface area contributed by atoms with Crippen molar-refractivity contribution >= 4 is 29.5 Å². The minimum absolute atomic E-state index is 0.00839. The van der Waals surface area contributed by atoms with E-state index in [1.165, 1.54) is 19.3 Å². The van der Waals surface area contributed by atoms with Gasteiger partial charge in [-0.2, -0.15) is 5.10 Å². The van der Waals surface area contributed by atoms with Crippen molar-refractivity contribution in [2.45, 2.75) is 45.2 Å². The van der Waals surface area contributed by atoms with Gasteiger partial charge in [0.05, 0.1) is 4.88 Å². The topological polar surface area (TPSA) is 62.7 Å². The van der Waals surface area contributed by atoms with Crippen LogP contribution in [0.3, 0.4) is 0 Å². The lowest BCUT2D eigenvalue weighted by atomic mass is 9.86. The van der Waals surface area contributed by atoms with Crippen LogP contribution in [0.15, 0.2) is 17.5 Å². The van der Waals surface area contributed by atoms with Gasteiger partial charge < -0.3 is 5.32 Å². The highest BCUT2D eigenvalue weighted by molar-refractivity contribution is 7.71. The van der Waals surface area contributed by atoms with Crippen LogP contribution >= 0.6 is 23.6 Å². The van der Waals surface area contributed by atoms with E-state index in [0.717, 1.165) is 17.1 Å². The van der Waals surface area contributed by atoms with Gasteiger partial charge in [-0.3, -0.25) is 14.5 Å². The number of hydrogen-bond donors (Lipinski definition) is 2. The zero-order valence-corrected chi connectivity index (χ0v) is 14.2. The number of nitrogens with one attached hydrogen (secondary N) is 2. The van der Waals surface area contributed by atoms with Crippen molar-refractivity contribution in [2.24, 2.45) is 5.92 Å². The third-order valence-electron chi connectivity index (χ3n) is 4.26. The molecule has 0 aliphatic heterocycles. The molecular formula is C15H20N4OS2. The quantitative estimate of drug-likeness (QED) is 0.842. The molecule has 2 aromatic rings. The van der Waals surface area contributed by atoms with Crippen LogP contribution < -0.4 is 5.32 Å². The van der Waals surface area contributed by atoms with Crippen molar-refractivity contribution in [3.05, 3.63) is 22.3 Å². The molecular weight excluding hydrogens is 316 g/mol. The lowest BCUT2D eigenvalue weighted by molar-refractivity contribution is -0.122. The van der Waals surface area contributed by atoms with Crippen LogP contribution in [0.5, 0.6) is 0 Å². The smallest absolute Gasteiger partial charge is 0.240 e. The molecule has 2 N–H and O–H groups in total. The second kappa shape index (κ2) is 6.75. The summed E-state index contributed by atoms with van der Waals surface area (Å²) in [7, 11) is 0. The normalized spacial score (nSPS) is 21.7. The molecule has 22 heavy (non-hydrogen) atoms. The number of thiophene rings is 1. The Labute approximate surface area is 138 Å². The molecule has 0 unspecified atom stereocenters. The lowest BCUT2D eigenvalue weighted by Gasteiger charge is -2.29. The second-order valence-electron chi connectivity index (χ2n) is 5.85. The van der Waals surface area contributed by atoms with E-state index >= 15 is 0 Å². The highest BCUT2D eigenvalue weighted by Crippen LogP contribution is 2.24. The fourth-order valence-corrected chi connectivity index (χ4v) is 3.90. The van der Waals surface area contributed by atoms with Gasteiger partial charge in [0.15, 0.2) is 10.6 Å². The maximum absolute atomic E-state index is 12.4. The number of carbonyl (C=O) groups excluding carboxylic acids is 1. The third-order valence-corrected chi connectivity index (χ3v) is 5.44. The number of amides is 1. The molecule has 2 aromatic heterocycles. The number of aromatic nitrogens is 3. The largest absolute Gasteiger partial charge is 0.352 e. The maximum Gasteiger partial charge on any atom is 0.240 e. The minimum atomic E-state index is 0.00839. The molecule has 1 aliphatic carbocycles. The van der Waals surface area contributed by atoms with Gasteiger partial charge in [-0.05, 0) is 42.4 Å². The van der Waals surface area contributed by atoms with Crippen molar-refractivity contribution in [3.63, 3.8) is 0 Å². The Morgan fingerprint density at radius 1 is 1.55 bits per heavy atom. The molecule has 1 saturated carbocycles. The first kappa shape index (κ1) is 15.4. The van der Waals surface area contributed by atoms with Gasteiger partial charge in [0.25, 0.3) is 0 Å². The van der Waals surface area contributed by atoms with E-state index in [-0.39, 0.29) is 18.5 Å². The van der Waals surface area contributed by atoms with Crippen LogP contribution in [0.4, 0.5) is 0 Å². The third kappa shape index (κ3) is 3.30. The zero-order valence-electron chi connectivity index (χ0n) is 12.5. The van der Waals surface area contributed by atoms with Gasteiger partial charge in [-0.15, -0.1) is 11.3 Å². The zero-order chi connectivity index (χ0) is 15.5. The number of hydrogen-bond acceptors (Lipinski definition) is 4. The summed E-state index contributed by atoms with van der Waals surface area (Å²) in [5, 5.41) is 12.2. The molecule has 2 heterocycles. The molecule has 0 bridgehead atoms. The first-order chi connectivity index (χ1) is 10.6. The van der Waals surface area contributed by atoms with E-state index in [4.69, 9.17) is 12.2 Å². The summed E-state index contributed by atoms with van der Waals surface area (Å²) >= 11 is 6.85. The standard InChI is InChI=1S/C15H20N4OS2/c1-10-5-2-3-6-11(10)16-13(20)9-19-14(17-18-15(19)21)12-7-4-8-22-12/h4,7-8,10-11H,2-3,5-6,9H2,1H3,(H,16,20)(H,18,21)/t10-,11-/m0/s1. The molecule has 1 fully saturated rings. The van der Waals surface area contributed by atoms with Crippen molar-refractivity contribution in [1.29, 1.82) is 0 Å². The first-order valence-electron chi connectivity index (χ1n) is 7.63. The number of rotatable bonds is 4. The number of aromatic amines is 1. The molecule has 0 spiro atoms. The molecule has 7 heteroatoms. The number of H-pyrrole nitrogens is 1. The Morgan fingerprint density at radius 3 is 3.09 bits per heavy atom. The molecule has 0 saturated heterocycles. The van der Waals surface area contributed by atoms with Crippen LogP contribution in [-0.4, -0.2) is 26.7 Å². The van der Waals surface area contributed by atoms with Gasteiger partial charge in [0.2, 0.25) is 5.91 Å². The molecule has 3 rings (SSSR count). The molecule has 5 nitrogen and oxygen atoms in total. The number of carbonyl (C=O) groups is 1. The summed E-state index contributed by atoms with van der Waals surface area (Å²) in [6.45, 7) is 2.43. The molecule has 1 amide bonds. The van der Waals surface area contributed by atoms with E-state index in [9.17, 15) is 4.79 Å². The van der Waals surface area contributed by atoms with E-state index in [2.05, 4.69) is 22.4 Å². The Kier molecular flexibility index (Phi) is 4.73. The summed E-state index contributed by atoms with van der Waals surface area (Å²) in [4.78, 5) is 13.4.